The number of phenolic OH excluding ortho intramolecular Hbond substituents is 1. The summed E-state index contributed by atoms with van der Waals surface area (Å²) in [5.74, 6) is 0.465. The summed E-state index contributed by atoms with van der Waals surface area (Å²) in [4.78, 5) is 12.2. The van der Waals surface area contributed by atoms with Crippen LogP contribution in [-0.2, 0) is 4.79 Å². The number of carbonyl (C=O) groups is 1. The average Bonchev–Trinajstić information content (AvgIpc) is 2.50. The molecule has 1 amide bonds. The predicted octanol–water partition coefficient (Wildman–Crippen LogP) is 2.64. The van der Waals surface area contributed by atoms with Gasteiger partial charge < -0.3 is 20.9 Å². The van der Waals surface area contributed by atoms with Crippen molar-refractivity contribution in [3.05, 3.63) is 18.2 Å². The third-order valence-electron chi connectivity index (χ3n) is 4.36. The number of anilines is 1. The Morgan fingerprint density at radius 1 is 1.38 bits per heavy atom. The van der Waals surface area contributed by atoms with Gasteiger partial charge in [0.15, 0.2) is 0 Å². The lowest BCUT2D eigenvalue weighted by atomic mass is 9.71. The highest BCUT2D eigenvalue weighted by molar-refractivity contribution is 5.92. The van der Waals surface area contributed by atoms with Crippen LogP contribution in [0, 0.1) is 5.41 Å². The first kappa shape index (κ1) is 15.6. The molecular weight excluding hydrogens is 268 g/mol. The molecule has 0 saturated heterocycles. The summed E-state index contributed by atoms with van der Waals surface area (Å²) in [5.41, 5.74) is 6.23. The molecule has 0 heterocycles. The van der Waals surface area contributed by atoms with Crippen LogP contribution in [0.15, 0.2) is 18.2 Å². The number of phenols is 1. The van der Waals surface area contributed by atoms with Gasteiger partial charge in [-0.15, -0.1) is 0 Å². The van der Waals surface area contributed by atoms with Crippen molar-refractivity contribution < 1.29 is 14.6 Å². The van der Waals surface area contributed by atoms with Crippen LogP contribution in [0.25, 0.3) is 0 Å². The lowest BCUT2D eigenvalue weighted by molar-refractivity contribution is -0.118. The van der Waals surface area contributed by atoms with Gasteiger partial charge in [-0.25, -0.2) is 0 Å². The first-order valence-corrected chi connectivity index (χ1v) is 7.45. The zero-order chi connectivity index (χ0) is 15.3. The van der Waals surface area contributed by atoms with Gasteiger partial charge in [-0.05, 0) is 36.9 Å². The van der Waals surface area contributed by atoms with Crippen molar-refractivity contribution in [2.45, 2.75) is 38.5 Å². The molecule has 2 rings (SSSR count). The Balaban J connectivity index is 2.00. The number of hydrogen-bond donors (Lipinski definition) is 3. The molecule has 0 aromatic heterocycles. The maximum atomic E-state index is 12.2. The molecule has 0 bridgehead atoms. The maximum absolute atomic E-state index is 12.2. The molecule has 5 nitrogen and oxygen atoms in total. The molecule has 1 aliphatic carbocycles. The summed E-state index contributed by atoms with van der Waals surface area (Å²) >= 11 is 0. The SMILES string of the molecule is COc1ccc(NC(=O)CC2(CN)CCCCC2)c(O)c1. The minimum absolute atomic E-state index is 0.00754. The molecule has 0 aliphatic heterocycles. The van der Waals surface area contributed by atoms with Gasteiger partial charge in [0, 0.05) is 12.5 Å². The third-order valence-corrected chi connectivity index (χ3v) is 4.36. The molecule has 1 aromatic carbocycles. The minimum Gasteiger partial charge on any atom is -0.506 e. The molecule has 0 spiro atoms. The summed E-state index contributed by atoms with van der Waals surface area (Å²) in [6.07, 6.45) is 5.92. The number of nitrogens with one attached hydrogen (secondary N) is 1. The molecule has 1 aliphatic rings. The van der Waals surface area contributed by atoms with Crippen molar-refractivity contribution >= 4 is 11.6 Å². The fourth-order valence-corrected chi connectivity index (χ4v) is 3.03. The molecule has 0 radical (unpaired) electrons. The van der Waals surface area contributed by atoms with Crippen molar-refractivity contribution in [1.82, 2.24) is 0 Å². The van der Waals surface area contributed by atoms with Crippen LogP contribution in [0.5, 0.6) is 11.5 Å². The number of rotatable bonds is 5. The Hall–Kier alpha value is -1.75. The number of ether oxygens (including phenoxy) is 1. The van der Waals surface area contributed by atoms with Crippen molar-refractivity contribution in [3.8, 4) is 11.5 Å². The highest BCUT2D eigenvalue weighted by atomic mass is 16.5. The normalized spacial score (nSPS) is 17.2. The lowest BCUT2D eigenvalue weighted by Crippen LogP contribution is -2.36. The second kappa shape index (κ2) is 6.80. The molecule has 1 saturated carbocycles. The summed E-state index contributed by atoms with van der Waals surface area (Å²) in [5, 5.41) is 12.6. The van der Waals surface area contributed by atoms with Gasteiger partial charge in [0.1, 0.15) is 11.5 Å². The molecule has 4 N–H and O–H groups in total. The van der Waals surface area contributed by atoms with Crippen LogP contribution in [0.3, 0.4) is 0 Å². The fraction of sp³-hybridized carbons (Fsp3) is 0.562. The van der Waals surface area contributed by atoms with Crippen LogP contribution in [0.4, 0.5) is 5.69 Å². The quantitative estimate of drug-likeness (QED) is 0.728. The monoisotopic (exact) mass is 292 g/mol. The Labute approximate surface area is 125 Å². The van der Waals surface area contributed by atoms with Crippen molar-refractivity contribution in [3.63, 3.8) is 0 Å². The highest BCUT2D eigenvalue weighted by Crippen LogP contribution is 2.39. The number of nitrogens with two attached hydrogens (primary N) is 1. The number of hydrogen-bond acceptors (Lipinski definition) is 4. The minimum atomic E-state index is -0.0946. The second-order valence-corrected chi connectivity index (χ2v) is 5.87. The van der Waals surface area contributed by atoms with E-state index in [4.69, 9.17) is 10.5 Å². The summed E-state index contributed by atoms with van der Waals surface area (Å²) in [7, 11) is 1.53. The number of amides is 1. The van der Waals surface area contributed by atoms with E-state index in [-0.39, 0.29) is 17.1 Å². The Kier molecular flexibility index (Phi) is 5.07. The van der Waals surface area contributed by atoms with E-state index < -0.39 is 0 Å². The highest BCUT2D eigenvalue weighted by Gasteiger charge is 2.33. The Morgan fingerprint density at radius 3 is 2.67 bits per heavy atom. The largest absolute Gasteiger partial charge is 0.506 e. The van der Waals surface area contributed by atoms with Gasteiger partial charge in [-0.1, -0.05) is 19.3 Å². The molecule has 5 heteroatoms. The van der Waals surface area contributed by atoms with E-state index in [1.807, 2.05) is 0 Å². The molecule has 0 unspecified atom stereocenters. The fourth-order valence-electron chi connectivity index (χ4n) is 3.03. The van der Waals surface area contributed by atoms with E-state index in [0.29, 0.717) is 24.4 Å². The first-order chi connectivity index (χ1) is 10.1. The zero-order valence-corrected chi connectivity index (χ0v) is 12.5. The Morgan fingerprint density at radius 2 is 2.10 bits per heavy atom. The number of methoxy groups -OCH3 is 1. The second-order valence-electron chi connectivity index (χ2n) is 5.87. The Bertz CT molecular complexity index is 496. The van der Waals surface area contributed by atoms with E-state index in [1.165, 1.54) is 19.6 Å². The van der Waals surface area contributed by atoms with Crippen LogP contribution < -0.4 is 15.8 Å². The molecular formula is C16H24N2O3. The van der Waals surface area contributed by atoms with E-state index in [1.54, 1.807) is 12.1 Å². The van der Waals surface area contributed by atoms with Gasteiger partial charge in [0.05, 0.1) is 12.8 Å². The van der Waals surface area contributed by atoms with Crippen molar-refractivity contribution in [2.24, 2.45) is 11.1 Å². The molecule has 21 heavy (non-hydrogen) atoms. The summed E-state index contributed by atoms with van der Waals surface area (Å²) in [6.45, 7) is 0.537. The molecule has 0 atom stereocenters. The number of aromatic hydroxyl groups is 1. The van der Waals surface area contributed by atoms with Crippen LogP contribution in [0.2, 0.25) is 0 Å². The van der Waals surface area contributed by atoms with Gasteiger partial charge in [0.2, 0.25) is 5.91 Å². The topological polar surface area (TPSA) is 84.6 Å². The van der Waals surface area contributed by atoms with Crippen LogP contribution in [0.1, 0.15) is 38.5 Å². The van der Waals surface area contributed by atoms with Crippen molar-refractivity contribution in [2.75, 3.05) is 19.0 Å². The van der Waals surface area contributed by atoms with Crippen LogP contribution >= 0.6 is 0 Å². The summed E-state index contributed by atoms with van der Waals surface area (Å²) < 4.78 is 5.02. The standard InChI is InChI=1S/C16H24N2O3/c1-21-12-5-6-13(14(19)9-12)18-15(20)10-16(11-17)7-3-2-4-8-16/h5-6,9,19H,2-4,7-8,10-11,17H2,1H3,(H,18,20). The molecule has 1 aromatic rings. The average molecular weight is 292 g/mol. The van der Waals surface area contributed by atoms with Gasteiger partial charge >= 0.3 is 0 Å². The lowest BCUT2D eigenvalue weighted by Gasteiger charge is -2.35. The van der Waals surface area contributed by atoms with Gasteiger partial charge in [0.25, 0.3) is 0 Å². The van der Waals surface area contributed by atoms with Gasteiger partial charge in [-0.3, -0.25) is 4.79 Å². The maximum Gasteiger partial charge on any atom is 0.225 e. The third kappa shape index (κ3) is 3.88. The molecule has 1 fully saturated rings. The van der Waals surface area contributed by atoms with E-state index in [2.05, 4.69) is 5.32 Å². The molecule has 116 valence electrons. The summed E-state index contributed by atoms with van der Waals surface area (Å²) in [6, 6.07) is 4.83. The van der Waals surface area contributed by atoms with Crippen LogP contribution in [-0.4, -0.2) is 24.7 Å². The smallest absolute Gasteiger partial charge is 0.225 e. The van der Waals surface area contributed by atoms with Crippen molar-refractivity contribution in [1.29, 1.82) is 0 Å². The predicted molar refractivity (Wildman–Crippen MR) is 82.5 cm³/mol. The van der Waals surface area contributed by atoms with E-state index in [0.717, 1.165) is 25.7 Å². The van der Waals surface area contributed by atoms with E-state index in [9.17, 15) is 9.90 Å². The van der Waals surface area contributed by atoms with E-state index >= 15 is 0 Å². The first-order valence-electron chi connectivity index (χ1n) is 7.45. The number of carbonyl (C=O) groups excluding carboxylic acids is 1. The zero-order valence-electron chi connectivity index (χ0n) is 12.5. The number of benzene rings is 1. The van der Waals surface area contributed by atoms with Gasteiger partial charge in [-0.2, -0.15) is 0 Å².